The molecule has 1 fully saturated rings. The van der Waals surface area contributed by atoms with Gasteiger partial charge in [0.15, 0.2) is 0 Å². The smallest absolute Gasteiger partial charge is 0.0178 e. The molecule has 1 aliphatic rings. The molecule has 1 radical (unpaired) electrons. The van der Waals surface area contributed by atoms with Crippen LogP contribution < -0.4 is 5.73 Å². The Morgan fingerprint density at radius 3 is 2.37 bits per heavy atom. The second kappa shape index (κ2) is 8.02. The van der Waals surface area contributed by atoms with Gasteiger partial charge in [0, 0.05) is 6.54 Å². The number of hydrogen-bond acceptors (Lipinski definition) is 1. The fourth-order valence-corrected chi connectivity index (χ4v) is 3.40. The Labute approximate surface area is 120 Å². The van der Waals surface area contributed by atoms with Crippen LogP contribution in [0, 0.1) is 5.92 Å². The summed E-state index contributed by atoms with van der Waals surface area (Å²) in [5.41, 5.74) is 8.87. The van der Waals surface area contributed by atoms with E-state index in [1.54, 1.807) is 0 Å². The summed E-state index contributed by atoms with van der Waals surface area (Å²) in [4.78, 5) is 0. The lowest BCUT2D eigenvalue weighted by molar-refractivity contribution is 0.492. The molecule has 1 aliphatic carbocycles. The van der Waals surface area contributed by atoms with Crippen LogP contribution in [0.5, 0.6) is 0 Å². The van der Waals surface area contributed by atoms with E-state index >= 15 is 0 Å². The van der Waals surface area contributed by atoms with Crippen LogP contribution in [0.1, 0.15) is 68.2 Å². The molecule has 0 aliphatic heterocycles. The van der Waals surface area contributed by atoms with E-state index in [9.17, 15) is 0 Å². The molecular formula is C17H27NP. The molecule has 0 bridgehead atoms. The van der Waals surface area contributed by atoms with Crippen molar-refractivity contribution in [1.29, 1.82) is 0 Å². The Morgan fingerprint density at radius 2 is 1.74 bits per heavy atom. The van der Waals surface area contributed by atoms with Gasteiger partial charge in [-0.15, -0.1) is 9.24 Å². The lowest BCUT2D eigenvalue weighted by atomic mass is 9.85. The summed E-state index contributed by atoms with van der Waals surface area (Å²) >= 11 is 0. The second-order valence-electron chi connectivity index (χ2n) is 5.76. The minimum Gasteiger partial charge on any atom is -0.326 e. The second-order valence-corrected chi connectivity index (χ2v) is 6.56. The first-order valence-electron chi connectivity index (χ1n) is 7.67. The number of rotatable bonds is 6. The highest BCUT2D eigenvalue weighted by Crippen LogP contribution is 2.33. The van der Waals surface area contributed by atoms with Gasteiger partial charge in [0.2, 0.25) is 0 Å². The van der Waals surface area contributed by atoms with Crippen molar-refractivity contribution < 1.29 is 0 Å². The standard InChI is InChI=1S/C17H27NP/c18-13-15-9-11-16(12-10-15)17(19)8-4-7-14-5-2-1-3-6-14/h9-12,17H,1-8,13,18-19H2. The maximum absolute atomic E-state index is 5.63. The molecule has 0 aromatic heterocycles. The minimum atomic E-state index is 0.594. The third-order valence-electron chi connectivity index (χ3n) is 4.25. The summed E-state index contributed by atoms with van der Waals surface area (Å²) in [6.07, 6.45) is 11.1. The van der Waals surface area contributed by atoms with Crippen LogP contribution in [-0.4, -0.2) is 0 Å². The van der Waals surface area contributed by atoms with Crippen LogP contribution in [-0.2, 0) is 6.54 Å². The predicted octanol–water partition coefficient (Wildman–Crippen LogP) is 4.77. The molecule has 0 saturated heterocycles. The van der Waals surface area contributed by atoms with Crippen molar-refractivity contribution >= 4 is 9.24 Å². The molecule has 1 nitrogen and oxygen atoms in total. The van der Waals surface area contributed by atoms with Gasteiger partial charge in [0.25, 0.3) is 0 Å². The lowest BCUT2D eigenvalue weighted by Gasteiger charge is -2.21. The van der Waals surface area contributed by atoms with Crippen LogP contribution in [0.25, 0.3) is 0 Å². The highest BCUT2D eigenvalue weighted by Gasteiger charge is 2.14. The topological polar surface area (TPSA) is 26.0 Å². The maximum atomic E-state index is 5.63. The SMILES string of the molecule is NCc1ccc(C(P)CCC[C]2CCCCC2)cc1. The molecule has 0 amide bonds. The van der Waals surface area contributed by atoms with Crippen molar-refractivity contribution in [2.45, 2.75) is 63.6 Å². The minimum absolute atomic E-state index is 0.594. The zero-order valence-electron chi connectivity index (χ0n) is 11.9. The van der Waals surface area contributed by atoms with Crippen molar-refractivity contribution in [3.05, 3.63) is 41.3 Å². The van der Waals surface area contributed by atoms with E-state index in [2.05, 4.69) is 33.5 Å². The first-order valence-corrected chi connectivity index (χ1v) is 8.34. The van der Waals surface area contributed by atoms with Gasteiger partial charge < -0.3 is 5.73 Å². The molecule has 0 spiro atoms. The zero-order valence-corrected chi connectivity index (χ0v) is 13.1. The first kappa shape index (κ1) is 15.0. The van der Waals surface area contributed by atoms with E-state index in [0.29, 0.717) is 12.2 Å². The Morgan fingerprint density at radius 1 is 1.05 bits per heavy atom. The highest BCUT2D eigenvalue weighted by molar-refractivity contribution is 7.17. The quantitative estimate of drug-likeness (QED) is 0.744. The van der Waals surface area contributed by atoms with Crippen LogP contribution in [0.3, 0.4) is 0 Å². The predicted molar refractivity (Wildman–Crippen MR) is 87.0 cm³/mol. The highest BCUT2D eigenvalue weighted by atomic mass is 31.0. The average Bonchev–Trinajstić information content (AvgIpc) is 2.48. The fourth-order valence-electron chi connectivity index (χ4n) is 2.94. The van der Waals surface area contributed by atoms with Crippen LogP contribution >= 0.6 is 9.24 Å². The zero-order chi connectivity index (χ0) is 13.5. The van der Waals surface area contributed by atoms with Gasteiger partial charge in [0.05, 0.1) is 0 Å². The molecule has 2 N–H and O–H groups in total. The summed E-state index contributed by atoms with van der Waals surface area (Å²) in [7, 11) is 3.00. The molecule has 2 atom stereocenters. The van der Waals surface area contributed by atoms with Gasteiger partial charge in [0.1, 0.15) is 0 Å². The molecule has 19 heavy (non-hydrogen) atoms. The summed E-state index contributed by atoms with van der Waals surface area (Å²) in [5, 5.41) is 0. The normalized spacial score (nSPS) is 18.4. The summed E-state index contributed by atoms with van der Waals surface area (Å²) in [6, 6.07) is 8.77. The van der Waals surface area contributed by atoms with Gasteiger partial charge in [-0.25, -0.2) is 0 Å². The number of nitrogens with two attached hydrogens (primary N) is 1. The van der Waals surface area contributed by atoms with E-state index in [-0.39, 0.29) is 0 Å². The van der Waals surface area contributed by atoms with Gasteiger partial charge in [-0.05, 0) is 48.4 Å². The lowest BCUT2D eigenvalue weighted by Crippen LogP contribution is -2.04. The molecule has 1 aromatic rings. The van der Waals surface area contributed by atoms with Crippen molar-refractivity contribution in [3.63, 3.8) is 0 Å². The fraction of sp³-hybridized carbons (Fsp3) is 0.588. The van der Waals surface area contributed by atoms with Gasteiger partial charge in [-0.2, -0.15) is 0 Å². The van der Waals surface area contributed by atoms with Crippen molar-refractivity contribution in [1.82, 2.24) is 0 Å². The first-order chi connectivity index (χ1) is 9.29. The molecule has 2 heteroatoms. The van der Waals surface area contributed by atoms with Gasteiger partial charge >= 0.3 is 0 Å². The molecule has 2 unspecified atom stereocenters. The largest absolute Gasteiger partial charge is 0.326 e. The van der Waals surface area contributed by atoms with E-state index in [0.717, 1.165) is 0 Å². The van der Waals surface area contributed by atoms with Gasteiger partial charge in [-0.3, -0.25) is 0 Å². The van der Waals surface area contributed by atoms with E-state index in [4.69, 9.17) is 5.73 Å². The van der Waals surface area contributed by atoms with Gasteiger partial charge in [-0.1, -0.05) is 49.9 Å². The molecule has 1 aromatic carbocycles. The Balaban J connectivity index is 1.72. The third-order valence-corrected chi connectivity index (χ3v) is 4.97. The third kappa shape index (κ3) is 4.89. The van der Waals surface area contributed by atoms with E-state index in [1.807, 2.05) is 5.92 Å². The van der Waals surface area contributed by atoms with Crippen molar-refractivity contribution in [2.75, 3.05) is 0 Å². The Kier molecular flexibility index (Phi) is 6.34. The molecule has 2 rings (SSSR count). The van der Waals surface area contributed by atoms with Crippen LogP contribution in [0.4, 0.5) is 0 Å². The maximum Gasteiger partial charge on any atom is 0.0178 e. The summed E-state index contributed by atoms with van der Waals surface area (Å²) < 4.78 is 0. The number of hydrogen-bond donors (Lipinski definition) is 1. The summed E-state index contributed by atoms with van der Waals surface area (Å²) in [5.74, 6) is 1.82. The van der Waals surface area contributed by atoms with E-state index < -0.39 is 0 Å². The molecular weight excluding hydrogens is 249 g/mol. The average molecular weight is 276 g/mol. The Hall–Kier alpha value is -0.390. The van der Waals surface area contributed by atoms with Crippen molar-refractivity contribution in [2.24, 2.45) is 5.73 Å². The monoisotopic (exact) mass is 276 g/mol. The molecule has 105 valence electrons. The summed E-state index contributed by atoms with van der Waals surface area (Å²) in [6.45, 7) is 0.639. The van der Waals surface area contributed by atoms with Crippen LogP contribution in [0.2, 0.25) is 0 Å². The number of benzene rings is 1. The molecule has 0 heterocycles. The Bertz CT molecular complexity index is 354. The van der Waals surface area contributed by atoms with E-state index in [1.165, 1.54) is 62.5 Å². The molecule has 1 saturated carbocycles. The van der Waals surface area contributed by atoms with Crippen molar-refractivity contribution in [3.8, 4) is 0 Å². The van der Waals surface area contributed by atoms with Crippen LogP contribution in [0.15, 0.2) is 24.3 Å².